The molecule has 3 N–H and O–H groups in total. The third kappa shape index (κ3) is 7.05. The molecule has 0 saturated heterocycles. The molecule has 140 valence electrons. The highest BCUT2D eigenvalue weighted by atomic mass is 35.5. The van der Waals surface area contributed by atoms with Gasteiger partial charge in [0.15, 0.2) is 0 Å². The summed E-state index contributed by atoms with van der Waals surface area (Å²) in [5, 5.41) is 14.3. The van der Waals surface area contributed by atoms with Gasteiger partial charge in [0.1, 0.15) is 0 Å². The summed E-state index contributed by atoms with van der Waals surface area (Å²) in [5.41, 5.74) is 0.947. The predicted octanol–water partition coefficient (Wildman–Crippen LogP) is 4.63. The topological polar surface area (TPSA) is 69.6 Å². The summed E-state index contributed by atoms with van der Waals surface area (Å²) in [7, 11) is -3.33. The van der Waals surface area contributed by atoms with Crippen LogP contribution < -0.4 is 5.32 Å². The van der Waals surface area contributed by atoms with Crippen molar-refractivity contribution >= 4 is 30.6 Å². The molecule has 1 aliphatic rings. The van der Waals surface area contributed by atoms with E-state index in [0.717, 1.165) is 24.8 Å². The number of hydrogen-bond acceptors (Lipinski definition) is 3. The van der Waals surface area contributed by atoms with Gasteiger partial charge in [-0.3, -0.25) is 4.57 Å². The third-order valence-corrected chi connectivity index (χ3v) is 7.34. The molecule has 4 nitrogen and oxygen atoms in total. The number of nitrogens with one attached hydrogen (secondary N) is 1. The van der Waals surface area contributed by atoms with Crippen molar-refractivity contribution in [3.05, 3.63) is 46.0 Å². The molecule has 0 saturated carbocycles. The Hall–Kier alpha value is -0.350. The van der Waals surface area contributed by atoms with Crippen molar-refractivity contribution in [1.82, 2.24) is 5.32 Å². The maximum atomic E-state index is 12.4. The lowest BCUT2D eigenvalue weighted by atomic mass is 9.96. The molecule has 1 aliphatic carbocycles. The molecule has 2 rings (SSSR count). The number of allylic oxidation sites excluding steroid dienone is 2. The fraction of sp³-hybridized carbons (Fsp3) is 0.556. The van der Waals surface area contributed by atoms with Gasteiger partial charge in [-0.25, -0.2) is 0 Å². The Morgan fingerprint density at radius 1 is 1.32 bits per heavy atom. The summed E-state index contributed by atoms with van der Waals surface area (Å²) in [5.74, 6) is 0.246. The van der Waals surface area contributed by atoms with Crippen molar-refractivity contribution in [2.75, 3.05) is 18.9 Å². The lowest BCUT2D eigenvalue weighted by Gasteiger charge is -2.23. The number of benzene rings is 1. The van der Waals surface area contributed by atoms with Gasteiger partial charge in [-0.1, -0.05) is 41.4 Å². The van der Waals surface area contributed by atoms with Crippen molar-refractivity contribution in [2.45, 2.75) is 38.3 Å². The maximum Gasteiger partial charge on any atom is 0.203 e. The quantitative estimate of drug-likeness (QED) is 0.435. The Morgan fingerprint density at radius 3 is 2.72 bits per heavy atom. The van der Waals surface area contributed by atoms with Gasteiger partial charge in [-0.2, -0.15) is 0 Å². The van der Waals surface area contributed by atoms with Gasteiger partial charge in [0.25, 0.3) is 0 Å². The number of aliphatic hydroxyl groups excluding tert-OH is 1. The van der Waals surface area contributed by atoms with Crippen LogP contribution in [0.1, 0.15) is 37.8 Å². The van der Waals surface area contributed by atoms with E-state index in [9.17, 15) is 14.6 Å². The van der Waals surface area contributed by atoms with Crippen molar-refractivity contribution < 1.29 is 14.6 Å². The number of aliphatic hydroxyl groups is 1. The summed E-state index contributed by atoms with van der Waals surface area (Å²) >= 11 is 11.9. The smallest absolute Gasteiger partial charge is 0.203 e. The van der Waals surface area contributed by atoms with Crippen LogP contribution in [0.15, 0.2) is 30.4 Å². The van der Waals surface area contributed by atoms with E-state index < -0.39 is 13.5 Å². The van der Waals surface area contributed by atoms with E-state index in [4.69, 9.17) is 23.2 Å². The standard InChI is InChI=1S/C18H26Cl2NO3P/c1-13(15-7-8-17(19)18(20)9-15)21-10-16(22)12-25(23,24)11-14-5-3-2-4-6-14/h2-3,7-9,13-14,16,21-22H,4-6,10-12H2,1H3,(H,23,24)/t13?,14?,16-/m0/s1. The van der Waals surface area contributed by atoms with E-state index in [1.165, 1.54) is 0 Å². The SMILES string of the molecule is CC(NC[C@H](O)CP(=O)(O)CC1CC=CCC1)c1ccc(Cl)c(Cl)c1. The van der Waals surface area contributed by atoms with Crippen molar-refractivity contribution in [3.8, 4) is 0 Å². The second kappa shape index (κ2) is 9.55. The molecular weight excluding hydrogens is 380 g/mol. The summed E-state index contributed by atoms with van der Waals surface area (Å²) in [6, 6.07) is 5.33. The van der Waals surface area contributed by atoms with E-state index in [-0.39, 0.29) is 30.8 Å². The van der Waals surface area contributed by atoms with E-state index in [1.54, 1.807) is 12.1 Å². The minimum absolute atomic E-state index is 0.0500. The molecule has 0 aromatic heterocycles. The minimum atomic E-state index is -3.33. The molecule has 25 heavy (non-hydrogen) atoms. The summed E-state index contributed by atoms with van der Waals surface area (Å²) in [6.07, 6.45) is 6.31. The second-order valence-corrected chi connectivity index (χ2v) is 10.1. The lowest BCUT2D eigenvalue weighted by molar-refractivity contribution is 0.186. The van der Waals surface area contributed by atoms with Crippen LogP contribution in [-0.2, 0) is 4.57 Å². The first kappa shape index (κ1) is 21.0. The highest BCUT2D eigenvalue weighted by Crippen LogP contribution is 2.45. The predicted molar refractivity (Wildman–Crippen MR) is 105 cm³/mol. The molecule has 1 aromatic rings. The van der Waals surface area contributed by atoms with Crippen LogP contribution in [-0.4, -0.2) is 35.0 Å². The molecule has 1 aromatic carbocycles. The molecule has 3 unspecified atom stereocenters. The summed E-state index contributed by atoms with van der Waals surface area (Å²) < 4.78 is 12.4. The molecule has 4 atom stereocenters. The van der Waals surface area contributed by atoms with Crippen LogP contribution in [0.2, 0.25) is 10.0 Å². The fourth-order valence-electron chi connectivity index (χ4n) is 3.11. The second-order valence-electron chi connectivity index (χ2n) is 6.82. The normalized spacial score (nSPS) is 22.4. The molecule has 0 spiro atoms. The largest absolute Gasteiger partial charge is 0.391 e. The molecule has 0 radical (unpaired) electrons. The van der Waals surface area contributed by atoms with Crippen molar-refractivity contribution in [1.29, 1.82) is 0 Å². The van der Waals surface area contributed by atoms with Gasteiger partial charge in [-0.15, -0.1) is 0 Å². The molecule has 0 amide bonds. The fourth-order valence-corrected chi connectivity index (χ4v) is 5.49. The average Bonchev–Trinajstić information content (AvgIpc) is 2.55. The van der Waals surface area contributed by atoms with Crippen LogP contribution in [0.3, 0.4) is 0 Å². The van der Waals surface area contributed by atoms with Gasteiger partial charge in [0.05, 0.1) is 22.3 Å². The van der Waals surface area contributed by atoms with E-state index in [0.29, 0.717) is 10.0 Å². The first-order valence-corrected chi connectivity index (χ1v) is 11.4. The zero-order valence-corrected chi connectivity index (χ0v) is 16.8. The molecule has 0 fully saturated rings. The van der Waals surface area contributed by atoms with Gasteiger partial charge >= 0.3 is 0 Å². The Kier molecular flexibility index (Phi) is 8.00. The molecular formula is C18H26Cl2NO3P. The van der Waals surface area contributed by atoms with Gasteiger partial charge in [0.2, 0.25) is 7.37 Å². The highest BCUT2D eigenvalue weighted by Gasteiger charge is 2.27. The lowest BCUT2D eigenvalue weighted by Crippen LogP contribution is -2.32. The molecule has 0 aliphatic heterocycles. The minimum Gasteiger partial charge on any atom is -0.391 e. The Bertz CT molecular complexity index is 653. The highest BCUT2D eigenvalue weighted by molar-refractivity contribution is 7.58. The summed E-state index contributed by atoms with van der Waals surface area (Å²) in [4.78, 5) is 10.2. The molecule has 7 heteroatoms. The van der Waals surface area contributed by atoms with Crippen LogP contribution in [0.5, 0.6) is 0 Å². The van der Waals surface area contributed by atoms with Crippen molar-refractivity contribution in [3.63, 3.8) is 0 Å². The van der Waals surface area contributed by atoms with Crippen LogP contribution in [0.25, 0.3) is 0 Å². The first-order valence-electron chi connectivity index (χ1n) is 8.59. The average molecular weight is 406 g/mol. The van der Waals surface area contributed by atoms with E-state index >= 15 is 0 Å². The Labute approximate surface area is 159 Å². The zero-order chi connectivity index (χ0) is 18.4. The van der Waals surface area contributed by atoms with Gasteiger partial charge < -0.3 is 15.3 Å². The zero-order valence-electron chi connectivity index (χ0n) is 14.4. The van der Waals surface area contributed by atoms with Crippen LogP contribution in [0.4, 0.5) is 0 Å². The summed E-state index contributed by atoms with van der Waals surface area (Å²) in [6.45, 7) is 2.19. The number of halogens is 2. The van der Waals surface area contributed by atoms with Crippen molar-refractivity contribution in [2.24, 2.45) is 5.92 Å². The van der Waals surface area contributed by atoms with E-state index in [1.807, 2.05) is 13.0 Å². The Morgan fingerprint density at radius 2 is 2.08 bits per heavy atom. The van der Waals surface area contributed by atoms with Gasteiger partial charge in [0, 0.05) is 18.7 Å². The van der Waals surface area contributed by atoms with Crippen LogP contribution >= 0.6 is 30.6 Å². The number of rotatable bonds is 8. The molecule has 0 heterocycles. The first-order chi connectivity index (χ1) is 11.8. The van der Waals surface area contributed by atoms with E-state index in [2.05, 4.69) is 17.5 Å². The monoisotopic (exact) mass is 405 g/mol. The Balaban J connectivity index is 1.80. The number of hydrogen-bond donors (Lipinski definition) is 3. The maximum absolute atomic E-state index is 12.4. The molecule has 0 bridgehead atoms. The van der Waals surface area contributed by atoms with Crippen LogP contribution in [0, 0.1) is 5.92 Å². The van der Waals surface area contributed by atoms with Gasteiger partial charge in [-0.05, 0) is 49.8 Å². The third-order valence-electron chi connectivity index (χ3n) is 4.52.